The Morgan fingerprint density at radius 3 is 2.66 bits per heavy atom. The number of piperidine rings is 1. The Balaban J connectivity index is 1.81. The minimum absolute atomic E-state index is 0.0933. The van der Waals surface area contributed by atoms with E-state index in [4.69, 9.17) is 14.3 Å². The molecule has 0 saturated carbocycles. The van der Waals surface area contributed by atoms with Crippen molar-refractivity contribution < 1.29 is 38.9 Å². The van der Waals surface area contributed by atoms with Gasteiger partial charge in [-0.05, 0) is 62.8 Å². The standard InChI is InChI=1S/C30H41N3O8/c1-21-9-6-11-26(39-16-8-13-31-22(2)34)12-7-10-24(32-40-20-28(37)33-14-4-3-5-15-33)17-23-18-25(35)19-27(36)29(23)30(38)41-21/h6-7,10-11,17-19,21,26,32,35-36H,3-5,8-9,12-16,20H2,1-2H3,(H,31,34)/b10-7?,11-6?,24-17-/t21-,26-/m1/s1. The van der Waals surface area contributed by atoms with Crippen LogP contribution in [-0.2, 0) is 23.9 Å². The summed E-state index contributed by atoms with van der Waals surface area (Å²) >= 11 is 0. The summed E-state index contributed by atoms with van der Waals surface area (Å²) < 4.78 is 11.6. The van der Waals surface area contributed by atoms with Gasteiger partial charge < -0.3 is 29.9 Å². The van der Waals surface area contributed by atoms with E-state index in [0.717, 1.165) is 25.3 Å². The molecular formula is C30H41N3O8. The summed E-state index contributed by atoms with van der Waals surface area (Å²) in [5.74, 6) is -1.63. The molecule has 4 N–H and O–H groups in total. The van der Waals surface area contributed by atoms with Gasteiger partial charge in [0.25, 0.3) is 5.91 Å². The lowest BCUT2D eigenvalue weighted by Crippen LogP contribution is -2.39. The Kier molecular flexibility index (Phi) is 12.7. The molecule has 2 heterocycles. The molecule has 2 aliphatic heterocycles. The number of esters is 1. The minimum Gasteiger partial charge on any atom is -0.508 e. The first-order valence-corrected chi connectivity index (χ1v) is 14.1. The number of hydroxylamine groups is 1. The lowest BCUT2D eigenvalue weighted by Gasteiger charge is -2.26. The summed E-state index contributed by atoms with van der Waals surface area (Å²) in [7, 11) is 0. The zero-order valence-corrected chi connectivity index (χ0v) is 23.8. The number of fused-ring (bicyclic) bond motifs is 1. The maximum atomic E-state index is 13.0. The van der Waals surface area contributed by atoms with Crippen LogP contribution in [0.5, 0.6) is 11.5 Å². The van der Waals surface area contributed by atoms with Crippen LogP contribution >= 0.6 is 0 Å². The molecule has 224 valence electrons. The number of phenolic OH excluding ortho intramolecular Hbond substituents is 2. The number of aromatic hydroxyl groups is 2. The topological polar surface area (TPSA) is 147 Å². The van der Waals surface area contributed by atoms with Crippen LogP contribution in [-0.4, -0.2) is 78.0 Å². The third-order valence-corrected chi connectivity index (χ3v) is 6.56. The van der Waals surface area contributed by atoms with Gasteiger partial charge in [0.2, 0.25) is 5.91 Å². The number of hydrogen-bond acceptors (Lipinski definition) is 9. The van der Waals surface area contributed by atoms with Crippen molar-refractivity contribution in [3.8, 4) is 11.5 Å². The first-order valence-electron chi connectivity index (χ1n) is 14.1. The van der Waals surface area contributed by atoms with Gasteiger partial charge in [0.05, 0.1) is 11.8 Å². The number of nitrogens with one attached hydrogen (secondary N) is 2. The third-order valence-electron chi connectivity index (χ3n) is 6.56. The number of ether oxygens (including phenoxy) is 2. The molecule has 3 rings (SSSR count). The number of carbonyl (C=O) groups is 3. The zero-order valence-electron chi connectivity index (χ0n) is 23.8. The molecule has 1 fully saturated rings. The molecule has 0 spiro atoms. The molecule has 2 amide bonds. The summed E-state index contributed by atoms with van der Waals surface area (Å²) in [4.78, 5) is 44.0. The van der Waals surface area contributed by atoms with Gasteiger partial charge >= 0.3 is 5.97 Å². The van der Waals surface area contributed by atoms with Gasteiger partial charge in [-0.25, -0.2) is 4.79 Å². The van der Waals surface area contributed by atoms with Crippen molar-refractivity contribution in [2.75, 3.05) is 32.8 Å². The van der Waals surface area contributed by atoms with E-state index in [1.54, 1.807) is 17.9 Å². The fourth-order valence-corrected chi connectivity index (χ4v) is 4.48. The smallest absolute Gasteiger partial charge is 0.342 e. The Hall–Kier alpha value is -3.83. The van der Waals surface area contributed by atoms with Gasteiger partial charge in [0, 0.05) is 45.7 Å². The zero-order chi connectivity index (χ0) is 29.6. The van der Waals surface area contributed by atoms with Gasteiger partial charge in [-0.1, -0.05) is 18.2 Å². The number of amides is 2. The highest BCUT2D eigenvalue weighted by molar-refractivity contribution is 5.97. The van der Waals surface area contributed by atoms with E-state index in [9.17, 15) is 24.6 Å². The van der Waals surface area contributed by atoms with Crippen molar-refractivity contribution in [2.24, 2.45) is 0 Å². The molecule has 2 atom stereocenters. The van der Waals surface area contributed by atoms with Crippen LogP contribution in [0, 0.1) is 0 Å². The Morgan fingerprint density at radius 2 is 1.90 bits per heavy atom. The van der Waals surface area contributed by atoms with Crippen molar-refractivity contribution in [2.45, 2.75) is 64.6 Å². The van der Waals surface area contributed by atoms with Crippen molar-refractivity contribution in [1.82, 2.24) is 15.7 Å². The second kappa shape index (κ2) is 16.4. The van der Waals surface area contributed by atoms with Crippen LogP contribution in [0.2, 0.25) is 0 Å². The van der Waals surface area contributed by atoms with Gasteiger partial charge in [0.15, 0.2) is 6.61 Å². The van der Waals surface area contributed by atoms with Crippen molar-refractivity contribution >= 4 is 23.9 Å². The monoisotopic (exact) mass is 571 g/mol. The lowest BCUT2D eigenvalue weighted by molar-refractivity contribution is -0.139. The van der Waals surface area contributed by atoms with E-state index in [1.165, 1.54) is 19.1 Å². The molecule has 0 unspecified atom stereocenters. The molecule has 11 nitrogen and oxygen atoms in total. The predicted molar refractivity (Wildman–Crippen MR) is 153 cm³/mol. The molecule has 11 heteroatoms. The maximum absolute atomic E-state index is 13.0. The fraction of sp³-hybridized carbons (Fsp3) is 0.500. The maximum Gasteiger partial charge on any atom is 0.342 e. The third kappa shape index (κ3) is 10.9. The van der Waals surface area contributed by atoms with Crippen molar-refractivity contribution in [3.63, 3.8) is 0 Å². The Labute approximate surface area is 240 Å². The number of hydrogen-bond donors (Lipinski definition) is 4. The van der Waals surface area contributed by atoms with Crippen LogP contribution in [0.3, 0.4) is 0 Å². The first-order chi connectivity index (χ1) is 19.7. The van der Waals surface area contributed by atoms with Gasteiger partial charge in [-0.15, -0.1) is 0 Å². The molecule has 41 heavy (non-hydrogen) atoms. The average molecular weight is 572 g/mol. The highest BCUT2D eigenvalue weighted by Gasteiger charge is 2.21. The van der Waals surface area contributed by atoms with E-state index >= 15 is 0 Å². The molecule has 2 aliphatic rings. The number of likely N-dealkylation sites (tertiary alicyclic amines) is 1. The molecule has 1 aromatic rings. The molecule has 1 aromatic carbocycles. The first kappa shape index (κ1) is 31.7. The van der Waals surface area contributed by atoms with Gasteiger partial charge in [-0.2, -0.15) is 0 Å². The average Bonchev–Trinajstić information content (AvgIpc) is 2.91. The number of phenols is 2. The Bertz CT molecular complexity index is 1140. The molecule has 0 bridgehead atoms. The van der Waals surface area contributed by atoms with E-state index in [1.807, 2.05) is 18.2 Å². The van der Waals surface area contributed by atoms with E-state index < -0.39 is 17.8 Å². The van der Waals surface area contributed by atoms with Crippen LogP contribution in [0.1, 0.15) is 68.3 Å². The second-order valence-electron chi connectivity index (χ2n) is 10.1. The molecule has 1 saturated heterocycles. The quantitative estimate of drug-likeness (QED) is 0.152. The SMILES string of the molecule is CC(=O)NCCCO[C@@H]1C=CC[C@@H](C)OC(=O)c2c(O)cc(O)cc2/C=C(\NOCC(=O)N2CCCCC2)C=CC1. The van der Waals surface area contributed by atoms with Crippen LogP contribution in [0.25, 0.3) is 6.08 Å². The highest BCUT2D eigenvalue weighted by Crippen LogP contribution is 2.30. The minimum atomic E-state index is -0.748. The fourth-order valence-electron chi connectivity index (χ4n) is 4.48. The molecular weight excluding hydrogens is 530 g/mol. The highest BCUT2D eigenvalue weighted by atomic mass is 16.6. The van der Waals surface area contributed by atoms with Crippen LogP contribution < -0.4 is 10.8 Å². The van der Waals surface area contributed by atoms with Crippen LogP contribution in [0.4, 0.5) is 0 Å². The van der Waals surface area contributed by atoms with E-state index in [2.05, 4.69) is 10.8 Å². The number of cyclic esters (lactones) is 1. The van der Waals surface area contributed by atoms with E-state index in [-0.39, 0.29) is 41.4 Å². The largest absolute Gasteiger partial charge is 0.508 e. The summed E-state index contributed by atoms with van der Waals surface area (Å²) in [5.41, 5.74) is 3.24. The Morgan fingerprint density at radius 1 is 1.12 bits per heavy atom. The van der Waals surface area contributed by atoms with Crippen molar-refractivity contribution in [1.29, 1.82) is 0 Å². The summed E-state index contributed by atoms with van der Waals surface area (Å²) in [6.07, 6.45) is 12.7. The molecule has 0 aliphatic carbocycles. The number of nitrogens with zero attached hydrogens (tertiary/aromatic N) is 1. The van der Waals surface area contributed by atoms with Crippen LogP contribution in [0.15, 0.2) is 42.1 Å². The van der Waals surface area contributed by atoms with Gasteiger partial charge in [0.1, 0.15) is 23.2 Å². The lowest BCUT2D eigenvalue weighted by atomic mass is 10.0. The number of carbonyl (C=O) groups excluding carboxylic acids is 3. The summed E-state index contributed by atoms with van der Waals surface area (Å²) in [5, 5.41) is 23.4. The normalized spacial score (nSPS) is 21.2. The second-order valence-corrected chi connectivity index (χ2v) is 10.1. The number of rotatable bonds is 9. The summed E-state index contributed by atoms with van der Waals surface area (Å²) in [6, 6.07) is 2.41. The van der Waals surface area contributed by atoms with Gasteiger partial charge in [-0.3, -0.25) is 19.9 Å². The molecule has 0 radical (unpaired) electrons. The number of benzene rings is 1. The van der Waals surface area contributed by atoms with E-state index in [0.29, 0.717) is 51.2 Å². The molecule has 0 aromatic heterocycles. The van der Waals surface area contributed by atoms with Crippen molar-refractivity contribution in [3.05, 3.63) is 53.3 Å². The summed E-state index contributed by atoms with van der Waals surface area (Å²) in [6.45, 7) is 5.37. The predicted octanol–water partition coefficient (Wildman–Crippen LogP) is 3.34. The number of allylic oxidation sites excluding steroid dienone is 1.